The maximum absolute atomic E-state index is 13.1. The van der Waals surface area contributed by atoms with E-state index in [2.05, 4.69) is 33.1 Å². The van der Waals surface area contributed by atoms with Crippen molar-refractivity contribution in [2.45, 2.75) is 13.5 Å². The first-order valence-corrected chi connectivity index (χ1v) is 5.07. The normalized spacial score (nSPS) is 9.36. The molecule has 1 aromatic rings. The molecule has 0 saturated heterocycles. The molecule has 1 rings (SSSR count). The van der Waals surface area contributed by atoms with E-state index in [9.17, 15) is 4.39 Å². The van der Waals surface area contributed by atoms with Crippen molar-refractivity contribution >= 4 is 15.9 Å². The highest BCUT2D eigenvalue weighted by atomic mass is 79.9. The fraction of sp³-hybridized carbons (Fsp3) is 0.273. The van der Waals surface area contributed by atoms with E-state index in [1.54, 1.807) is 13.0 Å². The molecule has 74 valence electrons. The van der Waals surface area contributed by atoms with Gasteiger partial charge in [0.05, 0.1) is 11.0 Å². The lowest BCUT2D eigenvalue weighted by atomic mass is 10.2. The third kappa shape index (κ3) is 3.49. The quantitative estimate of drug-likeness (QED) is 0.647. The minimum atomic E-state index is -0.231. The van der Waals surface area contributed by atoms with Gasteiger partial charge in [-0.15, -0.1) is 5.92 Å². The minimum Gasteiger partial charge on any atom is -0.302 e. The number of benzene rings is 1. The molecule has 3 heteroatoms. The zero-order valence-electron chi connectivity index (χ0n) is 7.90. The Bertz CT molecular complexity index is 365. The summed E-state index contributed by atoms with van der Waals surface area (Å²) in [5, 5.41) is 3.09. The lowest BCUT2D eigenvalue weighted by molar-refractivity contribution is 0.616. The molecular weight excluding hydrogens is 245 g/mol. The first-order chi connectivity index (χ1) is 6.74. The molecule has 0 heterocycles. The van der Waals surface area contributed by atoms with Gasteiger partial charge >= 0.3 is 0 Å². The maximum Gasteiger partial charge on any atom is 0.137 e. The van der Waals surface area contributed by atoms with Crippen LogP contribution in [0.1, 0.15) is 12.5 Å². The zero-order chi connectivity index (χ0) is 10.4. The van der Waals surface area contributed by atoms with Crippen LogP contribution in [0.25, 0.3) is 0 Å². The summed E-state index contributed by atoms with van der Waals surface area (Å²) in [4.78, 5) is 0. The zero-order valence-corrected chi connectivity index (χ0v) is 9.49. The molecule has 0 unspecified atom stereocenters. The first kappa shape index (κ1) is 11.2. The molecule has 0 aliphatic carbocycles. The van der Waals surface area contributed by atoms with Crippen LogP contribution in [-0.4, -0.2) is 6.54 Å². The lowest BCUT2D eigenvalue weighted by Gasteiger charge is -2.02. The van der Waals surface area contributed by atoms with Crippen molar-refractivity contribution in [2.24, 2.45) is 0 Å². The number of rotatable bonds is 3. The molecule has 1 aromatic carbocycles. The molecule has 0 radical (unpaired) electrons. The van der Waals surface area contributed by atoms with Gasteiger partial charge in [-0.25, -0.2) is 4.39 Å². The van der Waals surface area contributed by atoms with Gasteiger partial charge in [-0.1, -0.05) is 12.0 Å². The number of nitrogens with one attached hydrogen (secondary N) is 1. The van der Waals surface area contributed by atoms with E-state index in [1.807, 2.05) is 6.07 Å². The lowest BCUT2D eigenvalue weighted by Crippen LogP contribution is -2.13. The fourth-order valence-electron chi connectivity index (χ4n) is 1.01. The van der Waals surface area contributed by atoms with Crippen molar-refractivity contribution in [2.75, 3.05) is 6.54 Å². The molecule has 1 N–H and O–H groups in total. The fourth-order valence-corrected chi connectivity index (χ4v) is 1.25. The standard InChI is InChI=1S/C11H11BrFN/c1-2-3-6-14-8-9-4-5-10(12)11(13)7-9/h4-5,7,14H,6,8H2,1H3. The van der Waals surface area contributed by atoms with E-state index < -0.39 is 0 Å². The summed E-state index contributed by atoms with van der Waals surface area (Å²) in [5.41, 5.74) is 0.920. The van der Waals surface area contributed by atoms with Crippen LogP contribution in [0.4, 0.5) is 4.39 Å². The van der Waals surface area contributed by atoms with Crippen LogP contribution >= 0.6 is 15.9 Å². The van der Waals surface area contributed by atoms with Gasteiger partial charge in [0.2, 0.25) is 0 Å². The van der Waals surface area contributed by atoms with Gasteiger partial charge in [-0.2, -0.15) is 0 Å². The SMILES string of the molecule is CC#CCNCc1ccc(Br)c(F)c1. The molecule has 0 aliphatic heterocycles. The molecule has 1 nitrogen and oxygen atoms in total. The number of hydrogen-bond acceptors (Lipinski definition) is 1. The summed E-state index contributed by atoms with van der Waals surface area (Å²) < 4.78 is 13.5. The van der Waals surface area contributed by atoms with Gasteiger partial charge in [0.1, 0.15) is 5.82 Å². The molecule has 0 atom stereocenters. The highest BCUT2D eigenvalue weighted by Crippen LogP contribution is 2.15. The molecule has 0 aromatic heterocycles. The Kier molecular flexibility index (Phi) is 4.64. The van der Waals surface area contributed by atoms with E-state index in [0.29, 0.717) is 17.6 Å². The smallest absolute Gasteiger partial charge is 0.137 e. The Labute approximate surface area is 91.8 Å². The van der Waals surface area contributed by atoms with Crippen molar-refractivity contribution in [1.29, 1.82) is 0 Å². The minimum absolute atomic E-state index is 0.231. The van der Waals surface area contributed by atoms with Crippen molar-refractivity contribution in [3.63, 3.8) is 0 Å². The molecule has 0 amide bonds. The summed E-state index contributed by atoms with van der Waals surface area (Å²) in [5.74, 6) is 5.43. The number of hydrogen-bond donors (Lipinski definition) is 1. The van der Waals surface area contributed by atoms with E-state index in [1.165, 1.54) is 6.07 Å². The van der Waals surface area contributed by atoms with Crippen LogP contribution in [-0.2, 0) is 6.54 Å². The molecule has 0 saturated carbocycles. The van der Waals surface area contributed by atoms with Gasteiger partial charge < -0.3 is 5.32 Å². The predicted molar refractivity (Wildman–Crippen MR) is 59.3 cm³/mol. The van der Waals surface area contributed by atoms with Crippen molar-refractivity contribution in [3.05, 3.63) is 34.1 Å². The highest BCUT2D eigenvalue weighted by Gasteiger charge is 1.99. The Hall–Kier alpha value is -0.850. The third-order valence-corrected chi connectivity index (χ3v) is 2.35. The molecule has 0 aliphatic rings. The average molecular weight is 256 g/mol. The van der Waals surface area contributed by atoms with Crippen molar-refractivity contribution in [3.8, 4) is 11.8 Å². The van der Waals surface area contributed by atoms with Gasteiger partial charge in [0.15, 0.2) is 0 Å². The summed E-state index contributed by atoms with van der Waals surface area (Å²) >= 11 is 3.10. The van der Waals surface area contributed by atoms with Crippen molar-refractivity contribution < 1.29 is 4.39 Å². The van der Waals surface area contributed by atoms with E-state index in [0.717, 1.165) is 5.56 Å². The third-order valence-electron chi connectivity index (χ3n) is 1.70. The molecule has 14 heavy (non-hydrogen) atoms. The van der Waals surface area contributed by atoms with Crippen LogP contribution < -0.4 is 5.32 Å². The van der Waals surface area contributed by atoms with E-state index >= 15 is 0 Å². The summed E-state index contributed by atoms with van der Waals surface area (Å²) in [6.07, 6.45) is 0. The van der Waals surface area contributed by atoms with Crippen LogP contribution in [0.15, 0.2) is 22.7 Å². The Morgan fingerprint density at radius 2 is 2.29 bits per heavy atom. The Morgan fingerprint density at radius 3 is 2.93 bits per heavy atom. The molecular formula is C11H11BrFN. The monoisotopic (exact) mass is 255 g/mol. The van der Waals surface area contributed by atoms with E-state index in [4.69, 9.17) is 0 Å². The first-order valence-electron chi connectivity index (χ1n) is 4.28. The van der Waals surface area contributed by atoms with E-state index in [-0.39, 0.29) is 5.82 Å². The highest BCUT2D eigenvalue weighted by molar-refractivity contribution is 9.10. The van der Waals surface area contributed by atoms with Gasteiger partial charge in [-0.3, -0.25) is 0 Å². The second-order valence-corrected chi connectivity index (χ2v) is 3.63. The molecule has 0 spiro atoms. The Morgan fingerprint density at radius 1 is 1.50 bits per heavy atom. The van der Waals surface area contributed by atoms with Gasteiger partial charge in [0.25, 0.3) is 0 Å². The second-order valence-electron chi connectivity index (χ2n) is 2.78. The average Bonchev–Trinajstić information content (AvgIpc) is 2.18. The summed E-state index contributed by atoms with van der Waals surface area (Å²) in [6, 6.07) is 5.09. The Balaban J connectivity index is 2.50. The topological polar surface area (TPSA) is 12.0 Å². The van der Waals surface area contributed by atoms with Crippen LogP contribution in [0.3, 0.4) is 0 Å². The maximum atomic E-state index is 13.1. The summed E-state index contributed by atoms with van der Waals surface area (Å²) in [7, 11) is 0. The molecule has 0 bridgehead atoms. The predicted octanol–water partition coefficient (Wildman–Crippen LogP) is 2.70. The largest absolute Gasteiger partial charge is 0.302 e. The van der Waals surface area contributed by atoms with Crippen LogP contribution in [0.5, 0.6) is 0 Å². The molecule has 0 fully saturated rings. The van der Waals surface area contributed by atoms with Crippen LogP contribution in [0, 0.1) is 17.7 Å². The number of halogens is 2. The van der Waals surface area contributed by atoms with Crippen molar-refractivity contribution in [1.82, 2.24) is 5.32 Å². The van der Waals surface area contributed by atoms with Gasteiger partial charge in [0, 0.05) is 6.54 Å². The van der Waals surface area contributed by atoms with Gasteiger partial charge in [-0.05, 0) is 40.5 Å². The van der Waals surface area contributed by atoms with Crippen LogP contribution in [0.2, 0.25) is 0 Å². The second kappa shape index (κ2) is 5.79. The summed E-state index contributed by atoms with van der Waals surface area (Å²) in [6.45, 7) is 3.06.